The van der Waals surface area contributed by atoms with Gasteiger partial charge in [-0.1, -0.05) is 26.0 Å². The molecule has 0 aromatic heterocycles. The van der Waals surface area contributed by atoms with Gasteiger partial charge in [0.05, 0.1) is 18.4 Å². The molecule has 2 aliphatic rings. The minimum atomic E-state index is -0.228. The standard InChI is InChI=1S/C16H17NO3S/c1-16(2)12-13(16)15(20)17(14(12)19)8-11(18)9-4-6-10(21-3)7-5-9/h4-7,12-13H,8H2,1-3H3. The Labute approximate surface area is 127 Å². The summed E-state index contributed by atoms with van der Waals surface area (Å²) in [7, 11) is 0. The van der Waals surface area contributed by atoms with Gasteiger partial charge in [-0.3, -0.25) is 19.3 Å². The highest BCUT2D eigenvalue weighted by molar-refractivity contribution is 7.98. The Kier molecular flexibility index (Phi) is 3.20. The Hall–Kier alpha value is -1.62. The monoisotopic (exact) mass is 303 g/mol. The fourth-order valence-corrected chi connectivity index (χ4v) is 3.58. The van der Waals surface area contributed by atoms with Crippen LogP contribution in [-0.2, 0) is 9.59 Å². The van der Waals surface area contributed by atoms with Gasteiger partial charge in [0, 0.05) is 10.5 Å². The molecule has 0 spiro atoms. The fourth-order valence-electron chi connectivity index (χ4n) is 3.17. The second-order valence-electron chi connectivity index (χ2n) is 6.19. The summed E-state index contributed by atoms with van der Waals surface area (Å²) in [5.74, 6) is -1.02. The number of carbonyl (C=O) groups is 3. The van der Waals surface area contributed by atoms with Crippen molar-refractivity contribution in [3.8, 4) is 0 Å². The molecule has 1 saturated heterocycles. The zero-order chi connectivity index (χ0) is 15.4. The topological polar surface area (TPSA) is 54.5 Å². The van der Waals surface area contributed by atoms with Crippen LogP contribution >= 0.6 is 11.8 Å². The number of benzene rings is 1. The minimum absolute atomic E-state index is 0.140. The summed E-state index contributed by atoms with van der Waals surface area (Å²) in [6, 6.07) is 7.21. The predicted molar refractivity (Wildman–Crippen MR) is 80.0 cm³/mol. The molecule has 1 saturated carbocycles. The highest BCUT2D eigenvalue weighted by Crippen LogP contribution is 2.63. The number of carbonyl (C=O) groups excluding carboxylic acids is 3. The van der Waals surface area contributed by atoms with Crippen molar-refractivity contribution in [3.63, 3.8) is 0 Å². The van der Waals surface area contributed by atoms with Crippen molar-refractivity contribution in [2.24, 2.45) is 17.3 Å². The molecule has 5 heteroatoms. The quantitative estimate of drug-likeness (QED) is 0.486. The normalized spacial score (nSPS) is 26.0. The van der Waals surface area contributed by atoms with Crippen LogP contribution < -0.4 is 0 Å². The summed E-state index contributed by atoms with van der Waals surface area (Å²) < 4.78 is 0. The van der Waals surface area contributed by atoms with Crippen LogP contribution in [0.1, 0.15) is 24.2 Å². The van der Waals surface area contributed by atoms with E-state index in [0.717, 1.165) is 9.80 Å². The number of amides is 2. The van der Waals surface area contributed by atoms with Gasteiger partial charge in [0.25, 0.3) is 0 Å². The second-order valence-corrected chi connectivity index (χ2v) is 7.07. The van der Waals surface area contributed by atoms with E-state index < -0.39 is 0 Å². The zero-order valence-corrected chi connectivity index (χ0v) is 13.1. The van der Waals surface area contributed by atoms with E-state index in [-0.39, 0.29) is 41.4 Å². The molecule has 1 heterocycles. The lowest BCUT2D eigenvalue weighted by atomic mass is 10.0. The maximum absolute atomic E-state index is 12.2. The SMILES string of the molecule is CSc1ccc(C(=O)CN2C(=O)C3C(C2=O)C3(C)C)cc1. The first-order valence-corrected chi connectivity index (χ1v) is 8.13. The Bertz CT molecular complexity index is 611. The molecule has 2 unspecified atom stereocenters. The minimum Gasteiger partial charge on any atom is -0.292 e. The first kappa shape index (κ1) is 14.3. The Morgan fingerprint density at radius 3 is 2.14 bits per heavy atom. The van der Waals surface area contributed by atoms with Gasteiger partial charge in [0.15, 0.2) is 5.78 Å². The maximum Gasteiger partial charge on any atom is 0.234 e. The molecule has 3 rings (SSSR count). The van der Waals surface area contributed by atoms with Crippen molar-refractivity contribution in [2.75, 3.05) is 12.8 Å². The van der Waals surface area contributed by atoms with Crippen LogP contribution in [0.2, 0.25) is 0 Å². The molecule has 0 bridgehead atoms. The molecule has 2 amide bonds. The number of hydrogen-bond donors (Lipinski definition) is 0. The number of piperidine rings is 1. The van der Waals surface area contributed by atoms with Crippen LogP contribution in [0.25, 0.3) is 0 Å². The molecule has 2 fully saturated rings. The lowest BCUT2D eigenvalue weighted by molar-refractivity contribution is -0.142. The van der Waals surface area contributed by atoms with Crippen LogP contribution in [0.4, 0.5) is 0 Å². The van der Waals surface area contributed by atoms with E-state index in [0.29, 0.717) is 5.56 Å². The first-order valence-electron chi connectivity index (χ1n) is 6.90. The molecular weight excluding hydrogens is 286 g/mol. The average Bonchev–Trinajstić information content (AvgIpc) is 2.95. The van der Waals surface area contributed by atoms with Gasteiger partial charge in [-0.25, -0.2) is 0 Å². The summed E-state index contributed by atoms with van der Waals surface area (Å²) >= 11 is 1.60. The summed E-state index contributed by atoms with van der Waals surface area (Å²) in [6.45, 7) is 3.72. The van der Waals surface area contributed by atoms with Crippen LogP contribution in [0.3, 0.4) is 0 Å². The second kappa shape index (κ2) is 4.70. The maximum atomic E-state index is 12.2. The van der Waals surface area contributed by atoms with E-state index in [1.165, 1.54) is 0 Å². The molecular formula is C16H17NO3S. The Balaban J connectivity index is 1.71. The first-order chi connectivity index (χ1) is 9.87. The molecule has 1 aliphatic heterocycles. The molecule has 2 atom stereocenters. The number of thioether (sulfide) groups is 1. The van der Waals surface area contributed by atoms with Gasteiger partial charge < -0.3 is 0 Å². The smallest absolute Gasteiger partial charge is 0.234 e. The van der Waals surface area contributed by atoms with Crippen molar-refractivity contribution < 1.29 is 14.4 Å². The van der Waals surface area contributed by atoms with Gasteiger partial charge in [-0.15, -0.1) is 11.8 Å². The average molecular weight is 303 g/mol. The summed E-state index contributed by atoms with van der Waals surface area (Å²) in [5.41, 5.74) is 0.307. The molecule has 21 heavy (non-hydrogen) atoms. The third-order valence-corrected chi connectivity index (χ3v) is 5.35. The summed E-state index contributed by atoms with van der Waals surface area (Å²) in [5, 5.41) is 0. The van der Waals surface area contributed by atoms with E-state index in [9.17, 15) is 14.4 Å². The summed E-state index contributed by atoms with van der Waals surface area (Å²) in [4.78, 5) is 38.8. The molecule has 0 N–H and O–H groups in total. The van der Waals surface area contributed by atoms with Crippen LogP contribution in [-0.4, -0.2) is 35.3 Å². The molecule has 4 nitrogen and oxygen atoms in total. The third kappa shape index (κ3) is 2.11. The van der Waals surface area contributed by atoms with Gasteiger partial charge in [-0.05, 0) is 23.8 Å². The number of Topliss-reactive ketones (excluding diaryl/α,β-unsaturated/α-hetero) is 1. The highest BCUT2D eigenvalue weighted by atomic mass is 32.2. The van der Waals surface area contributed by atoms with E-state index in [1.807, 2.05) is 32.2 Å². The number of likely N-dealkylation sites (tertiary alicyclic amines) is 1. The highest BCUT2D eigenvalue weighted by Gasteiger charge is 2.72. The van der Waals surface area contributed by atoms with Crippen molar-refractivity contribution in [2.45, 2.75) is 18.7 Å². The van der Waals surface area contributed by atoms with Crippen LogP contribution in [0.5, 0.6) is 0 Å². The molecule has 1 aliphatic carbocycles. The van der Waals surface area contributed by atoms with Crippen molar-refractivity contribution in [1.29, 1.82) is 0 Å². The molecule has 1 aromatic rings. The zero-order valence-electron chi connectivity index (χ0n) is 12.3. The van der Waals surface area contributed by atoms with Crippen LogP contribution in [0, 0.1) is 17.3 Å². The number of nitrogens with zero attached hydrogens (tertiary/aromatic N) is 1. The number of fused-ring (bicyclic) bond motifs is 1. The van der Waals surface area contributed by atoms with Crippen molar-refractivity contribution >= 4 is 29.4 Å². The largest absolute Gasteiger partial charge is 0.292 e. The van der Waals surface area contributed by atoms with Crippen molar-refractivity contribution in [3.05, 3.63) is 29.8 Å². The fraction of sp³-hybridized carbons (Fsp3) is 0.438. The van der Waals surface area contributed by atoms with E-state index in [1.54, 1.807) is 23.9 Å². The van der Waals surface area contributed by atoms with E-state index in [2.05, 4.69) is 0 Å². The number of imide groups is 1. The molecule has 110 valence electrons. The lowest BCUT2D eigenvalue weighted by Gasteiger charge is -2.19. The van der Waals surface area contributed by atoms with Crippen LogP contribution in [0.15, 0.2) is 29.2 Å². The van der Waals surface area contributed by atoms with Gasteiger partial charge in [0.2, 0.25) is 11.8 Å². The molecule has 1 aromatic carbocycles. The van der Waals surface area contributed by atoms with Gasteiger partial charge in [-0.2, -0.15) is 0 Å². The molecule has 0 radical (unpaired) electrons. The Morgan fingerprint density at radius 1 is 1.14 bits per heavy atom. The number of rotatable bonds is 4. The van der Waals surface area contributed by atoms with Crippen molar-refractivity contribution in [1.82, 2.24) is 4.90 Å². The number of hydrogen-bond acceptors (Lipinski definition) is 4. The lowest BCUT2D eigenvalue weighted by Crippen LogP contribution is -2.39. The number of ketones is 1. The predicted octanol–water partition coefficient (Wildman–Crippen LogP) is 2.23. The summed E-state index contributed by atoms with van der Waals surface area (Å²) in [6.07, 6.45) is 1.96. The van der Waals surface area contributed by atoms with E-state index >= 15 is 0 Å². The Morgan fingerprint density at radius 2 is 1.67 bits per heavy atom. The third-order valence-electron chi connectivity index (χ3n) is 4.61. The van der Waals surface area contributed by atoms with Gasteiger partial charge >= 0.3 is 0 Å². The van der Waals surface area contributed by atoms with E-state index in [4.69, 9.17) is 0 Å². The van der Waals surface area contributed by atoms with Gasteiger partial charge in [0.1, 0.15) is 0 Å².